The predicted molar refractivity (Wildman–Crippen MR) is 105 cm³/mol. The Morgan fingerprint density at radius 3 is 2.11 bits per heavy atom. The van der Waals surface area contributed by atoms with Crippen molar-refractivity contribution in [3.63, 3.8) is 0 Å². The molecular weight excluding hydrogens is 342 g/mol. The molecule has 27 heavy (non-hydrogen) atoms. The maximum absolute atomic E-state index is 12.2. The lowest BCUT2D eigenvalue weighted by Gasteiger charge is -2.12. The third-order valence-electron chi connectivity index (χ3n) is 3.64. The molecule has 0 aliphatic heterocycles. The van der Waals surface area contributed by atoms with Gasteiger partial charge in [-0.2, -0.15) is 0 Å². The Labute approximate surface area is 158 Å². The highest BCUT2D eigenvalue weighted by Gasteiger charge is 2.09. The summed E-state index contributed by atoms with van der Waals surface area (Å²) in [5, 5.41) is 2.82. The zero-order chi connectivity index (χ0) is 18.9. The lowest BCUT2D eigenvalue weighted by molar-refractivity contribution is -0.118. The molecule has 0 atom stereocenters. The van der Waals surface area contributed by atoms with Crippen LogP contribution in [0.5, 0.6) is 23.0 Å². The summed E-state index contributed by atoms with van der Waals surface area (Å²) >= 11 is 0. The fourth-order valence-corrected chi connectivity index (χ4v) is 2.41. The van der Waals surface area contributed by atoms with E-state index in [0.717, 1.165) is 5.75 Å². The third kappa shape index (κ3) is 5.51. The van der Waals surface area contributed by atoms with Crippen LogP contribution in [-0.4, -0.2) is 19.1 Å². The number of ether oxygens (including phenoxy) is 3. The van der Waals surface area contributed by atoms with Gasteiger partial charge >= 0.3 is 0 Å². The van der Waals surface area contributed by atoms with E-state index in [1.165, 1.54) is 0 Å². The number of benzene rings is 3. The summed E-state index contributed by atoms with van der Waals surface area (Å²) in [4.78, 5) is 12.2. The second kappa shape index (κ2) is 9.29. The Morgan fingerprint density at radius 1 is 0.778 bits per heavy atom. The Balaban J connectivity index is 1.57. The first-order valence-electron chi connectivity index (χ1n) is 8.72. The van der Waals surface area contributed by atoms with Crippen molar-refractivity contribution in [3.8, 4) is 23.0 Å². The first-order chi connectivity index (χ1) is 13.2. The van der Waals surface area contributed by atoms with Crippen LogP contribution in [0.3, 0.4) is 0 Å². The number of carbonyl (C=O) groups is 1. The van der Waals surface area contributed by atoms with Gasteiger partial charge < -0.3 is 19.5 Å². The van der Waals surface area contributed by atoms with Crippen LogP contribution in [0.25, 0.3) is 0 Å². The van der Waals surface area contributed by atoms with Crippen molar-refractivity contribution in [2.75, 3.05) is 18.5 Å². The fourth-order valence-electron chi connectivity index (χ4n) is 2.41. The number of para-hydroxylation sites is 3. The molecule has 0 fully saturated rings. The smallest absolute Gasteiger partial charge is 0.262 e. The molecule has 0 saturated carbocycles. The molecule has 3 aromatic carbocycles. The molecule has 0 radical (unpaired) electrons. The normalized spacial score (nSPS) is 10.1. The Bertz CT molecular complexity index is 863. The van der Waals surface area contributed by atoms with Crippen molar-refractivity contribution in [1.29, 1.82) is 0 Å². The monoisotopic (exact) mass is 363 g/mol. The van der Waals surface area contributed by atoms with Crippen LogP contribution < -0.4 is 19.5 Å². The molecule has 138 valence electrons. The molecule has 0 aliphatic rings. The maximum atomic E-state index is 12.2. The SMILES string of the molecule is CCOc1ccc(OCC(=O)Nc2ccccc2Oc2ccccc2)cc1. The molecule has 0 aromatic heterocycles. The van der Waals surface area contributed by atoms with Gasteiger partial charge in [0.05, 0.1) is 12.3 Å². The van der Waals surface area contributed by atoms with E-state index in [-0.39, 0.29) is 12.5 Å². The van der Waals surface area contributed by atoms with Crippen molar-refractivity contribution in [3.05, 3.63) is 78.9 Å². The van der Waals surface area contributed by atoms with Gasteiger partial charge in [-0.3, -0.25) is 4.79 Å². The molecule has 0 saturated heterocycles. The van der Waals surface area contributed by atoms with E-state index in [4.69, 9.17) is 14.2 Å². The van der Waals surface area contributed by atoms with Crippen LogP contribution in [-0.2, 0) is 4.79 Å². The maximum Gasteiger partial charge on any atom is 0.262 e. The van der Waals surface area contributed by atoms with Crippen molar-refractivity contribution in [2.45, 2.75) is 6.92 Å². The minimum atomic E-state index is -0.270. The highest BCUT2D eigenvalue weighted by atomic mass is 16.5. The largest absolute Gasteiger partial charge is 0.494 e. The Kier molecular flexibility index (Phi) is 6.30. The first-order valence-corrected chi connectivity index (χ1v) is 8.72. The minimum absolute atomic E-state index is 0.104. The number of amides is 1. The van der Waals surface area contributed by atoms with Gasteiger partial charge in [-0.25, -0.2) is 0 Å². The summed E-state index contributed by atoms with van der Waals surface area (Å²) in [6.07, 6.45) is 0. The summed E-state index contributed by atoms with van der Waals surface area (Å²) in [5.74, 6) is 2.36. The molecule has 0 unspecified atom stereocenters. The lowest BCUT2D eigenvalue weighted by atomic mass is 10.3. The average molecular weight is 363 g/mol. The Hall–Kier alpha value is -3.47. The predicted octanol–water partition coefficient (Wildman–Crippen LogP) is 4.90. The van der Waals surface area contributed by atoms with E-state index in [0.29, 0.717) is 29.5 Å². The van der Waals surface area contributed by atoms with Crippen LogP contribution >= 0.6 is 0 Å². The van der Waals surface area contributed by atoms with Crippen molar-refractivity contribution in [1.82, 2.24) is 0 Å². The van der Waals surface area contributed by atoms with E-state index in [1.807, 2.05) is 49.4 Å². The van der Waals surface area contributed by atoms with E-state index < -0.39 is 0 Å². The summed E-state index contributed by atoms with van der Waals surface area (Å²) in [6, 6.07) is 23.8. The number of nitrogens with one attached hydrogen (secondary N) is 1. The summed E-state index contributed by atoms with van der Waals surface area (Å²) in [6.45, 7) is 2.43. The van der Waals surface area contributed by atoms with Gasteiger partial charge in [-0.1, -0.05) is 30.3 Å². The van der Waals surface area contributed by atoms with Gasteiger partial charge in [-0.15, -0.1) is 0 Å². The lowest BCUT2D eigenvalue weighted by Crippen LogP contribution is -2.20. The molecule has 0 aliphatic carbocycles. The highest BCUT2D eigenvalue weighted by molar-refractivity contribution is 5.93. The molecule has 1 N–H and O–H groups in total. The molecule has 5 nitrogen and oxygen atoms in total. The topological polar surface area (TPSA) is 56.8 Å². The van der Waals surface area contributed by atoms with Crippen LogP contribution in [0.15, 0.2) is 78.9 Å². The summed E-state index contributed by atoms with van der Waals surface area (Å²) in [7, 11) is 0. The van der Waals surface area contributed by atoms with Gasteiger partial charge in [0.2, 0.25) is 0 Å². The standard InChI is InChI=1S/C22H21NO4/c1-2-25-17-12-14-18(15-13-17)26-16-22(24)23-20-10-6-7-11-21(20)27-19-8-4-3-5-9-19/h3-15H,2,16H2,1H3,(H,23,24). The number of carbonyl (C=O) groups excluding carboxylic acids is 1. The fraction of sp³-hybridized carbons (Fsp3) is 0.136. The second-order valence-corrected chi connectivity index (χ2v) is 5.65. The zero-order valence-electron chi connectivity index (χ0n) is 15.1. The van der Waals surface area contributed by atoms with Gasteiger partial charge in [0.1, 0.15) is 17.2 Å². The molecule has 0 spiro atoms. The van der Waals surface area contributed by atoms with Crippen LogP contribution in [0, 0.1) is 0 Å². The van der Waals surface area contributed by atoms with Crippen LogP contribution in [0.1, 0.15) is 6.92 Å². The molecule has 0 heterocycles. The quantitative estimate of drug-likeness (QED) is 0.619. The molecule has 5 heteroatoms. The van der Waals surface area contributed by atoms with E-state index in [2.05, 4.69) is 5.32 Å². The first kappa shape index (κ1) is 18.3. The number of anilines is 1. The molecule has 3 rings (SSSR count). The number of rotatable bonds is 8. The number of hydrogen-bond acceptors (Lipinski definition) is 4. The average Bonchev–Trinajstić information content (AvgIpc) is 2.70. The summed E-state index contributed by atoms with van der Waals surface area (Å²) < 4.78 is 16.7. The van der Waals surface area contributed by atoms with E-state index in [9.17, 15) is 4.79 Å². The van der Waals surface area contributed by atoms with Gasteiger partial charge in [-0.05, 0) is 55.5 Å². The molecule has 3 aromatic rings. The second-order valence-electron chi connectivity index (χ2n) is 5.65. The minimum Gasteiger partial charge on any atom is -0.494 e. The third-order valence-corrected chi connectivity index (χ3v) is 3.64. The van der Waals surface area contributed by atoms with Crippen molar-refractivity contribution >= 4 is 11.6 Å². The Morgan fingerprint density at radius 2 is 1.41 bits per heavy atom. The zero-order valence-corrected chi connectivity index (χ0v) is 15.1. The van der Waals surface area contributed by atoms with Crippen LogP contribution in [0.2, 0.25) is 0 Å². The van der Waals surface area contributed by atoms with Gasteiger partial charge in [0.25, 0.3) is 5.91 Å². The van der Waals surface area contributed by atoms with Crippen LogP contribution in [0.4, 0.5) is 5.69 Å². The summed E-state index contributed by atoms with van der Waals surface area (Å²) in [5.41, 5.74) is 0.585. The molecular formula is C22H21NO4. The van der Waals surface area contributed by atoms with E-state index in [1.54, 1.807) is 36.4 Å². The van der Waals surface area contributed by atoms with Crippen molar-refractivity contribution < 1.29 is 19.0 Å². The van der Waals surface area contributed by atoms with Gasteiger partial charge in [0, 0.05) is 0 Å². The molecule has 0 bridgehead atoms. The van der Waals surface area contributed by atoms with Gasteiger partial charge in [0.15, 0.2) is 12.4 Å². The van der Waals surface area contributed by atoms with Crippen molar-refractivity contribution in [2.24, 2.45) is 0 Å². The highest BCUT2D eigenvalue weighted by Crippen LogP contribution is 2.29. The molecule has 1 amide bonds. The number of hydrogen-bond donors (Lipinski definition) is 1. The van der Waals surface area contributed by atoms with E-state index >= 15 is 0 Å².